The molecular weight excluding hydrogens is 617 g/mol. The van der Waals surface area contributed by atoms with E-state index in [1.165, 1.54) is 6.92 Å². The molecule has 0 fully saturated rings. The molecule has 0 saturated carbocycles. The lowest BCUT2D eigenvalue weighted by molar-refractivity contribution is -0.274. The number of rotatable bonds is 5. The highest BCUT2D eigenvalue weighted by atomic mass is 35.5. The number of nitrogens with zero attached hydrogens (tertiary/aromatic N) is 3. The summed E-state index contributed by atoms with van der Waals surface area (Å²) >= 11 is 5.77. The van der Waals surface area contributed by atoms with E-state index in [4.69, 9.17) is 16.3 Å². The quantitative estimate of drug-likeness (QED) is 0.275. The van der Waals surface area contributed by atoms with E-state index in [0.29, 0.717) is 30.3 Å². The Kier molecular flexibility index (Phi) is 8.77. The Balaban J connectivity index is 2.11. The number of carbonyl (C=O) groups is 3. The molecule has 0 radical (unpaired) electrons. The number of ether oxygens (including phenoxy) is 2. The summed E-state index contributed by atoms with van der Waals surface area (Å²) in [6.45, 7) is 1.48. The SMILES string of the molecule is CCOC(=O)C1(C)CN(C(=O)N(C(=O)C(F)(F)F)c2ccc(OC(F)(F)F)cc2)N=C1c1ccc(C(F)(F)F)c(Cl)c1. The van der Waals surface area contributed by atoms with E-state index >= 15 is 0 Å². The van der Waals surface area contributed by atoms with Crippen LogP contribution in [0, 0.1) is 5.41 Å². The van der Waals surface area contributed by atoms with Gasteiger partial charge in [-0.1, -0.05) is 17.7 Å². The summed E-state index contributed by atoms with van der Waals surface area (Å²) in [5, 5.41) is 3.29. The molecule has 18 heteroatoms. The molecule has 1 atom stereocenters. The number of benzene rings is 2. The molecule has 8 nitrogen and oxygen atoms in total. The summed E-state index contributed by atoms with van der Waals surface area (Å²) in [4.78, 5) is 38.1. The van der Waals surface area contributed by atoms with E-state index < -0.39 is 81.2 Å². The minimum absolute atomic E-state index is 0.214. The van der Waals surface area contributed by atoms with Crippen LogP contribution >= 0.6 is 11.6 Å². The summed E-state index contributed by atoms with van der Waals surface area (Å²) in [5.41, 5.74) is -4.75. The molecule has 0 aliphatic carbocycles. The monoisotopic (exact) mass is 633 g/mol. The lowest BCUT2D eigenvalue weighted by Crippen LogP contribution is -2.51. The third kappa shape index (κ3) is 6.88. The van der Waals surface area contributed by atoms with Crippen LogP contribution in [-0.2, 0) is 20.5 Å². The van der Waals surface area contributed by atoms with Gasteiger partial charge in [0.2, 0.25) is 0 Å². The van der Waals surface area contributed by atoms with Crippen LogP contribution in [0.5, 0.6) is 5.75 Å². The number of urea groups is 1. The minimum Gasteiger partial charge on any atom is -0.465 e. The van der Waals surface area contributed by atoms with Crippen LogP contribution in [0.2, 0.25) is 5.02 Å². The number of halogens is 10. The lowest BCUT2D eigenvalue weighted by Gasteiger charge is -2.27. The van der Waals surface area contributed by atoms with Crippen molar-refractivity contribution in [2.45, 2.75) is 32.6 Å². The highest BCUT2D eigenvalue weighted by Gasteiger charge is 2.52. The van der Waals surface area contributed by atoms with Gasteiger partial charge in [-0.15, -0.1) is 13.2 Å². The molecule has 0 bridgehead atoms. The molecule has 0 aromatic heterocycles. The van der Waals surface area contributed by atoms with Crippen LogP contribution in [0.1, 0.15) is 25.0 Å². The zero-order valence-corrected chi connectivity index (χ0v) is 21.9. The Morgan fingerprint density at radius 1 is 1.00 bits per heavy atom. The number of anilines is 1. The maximum atomic E-state index is 13.5. The van der Waals surface area contributed by atoms with Gasteiger partial charge in [-0.3, -0.25) is 9.59 Å². The Hall–Kier alpha value is -4.02. The van der Waals surface area contributed by atoms with Gasteiger partial charge in [0.15, 0.2) is 0 Å². The number of alkyl halides is 9. The lowest BCUT2D eigenvalue weighted by atomic mass is 9.82. The Morgan fingerprint density at radius 3 is 2.07 bits per heavy atom. The summed E-state index contributed by atoms with van der Waals surface area (Å²) in [5.74, 6) is -4.72. The highest BCUT2D eigenvalue weighted by Crippen LogP contribution is 2.39. The maximum absolute atomic E-state index is 13.5. The molecule has 0 spiro atoms. The highest BCUT2D eigenvalue weighted by molar-refractivity contribution is 6.32. The average molecular weight is 634 g/mol. The van der Waals surface area contributed by atoms with Crippen molar-refractivity contribution in [2.75, 3.05) is 18.1 Å². The second-order valence-electron chi connectivity index (χ2n) is 8.71. The molecule has 1 aliphatic heterocycles. The predicted octanol–water partition coefficient (Wildman–Crippen LogP) is 6.56. The van der Waals surface area contributed by atoms with Crippen molar-refractivity contribution in [2.24, 2.45) is 10.5 Å². The van der Waals surface area contributed by atoms with Crippen molar-refractivity contribution < 1.29 is 63.4 Å². The van der Waals surface area contributed by atoms with Gasteiger partial charge >= 0.3 is 36.6 Å². The van der Waals surface area contributed by atoms with Crippen molar-refractivity contribution in [3.8, 4) is 5.75 Å². The van der Waals surface area contributed by atoms with E-state index in [-0.39, 0.29) is 17.2 Å². The second-order valence-corrected chi connectivity index (χ2v) is 9.12. The fourth-order valence-electron chi connectivity index (χ4n) is 3.83. The van der Waals surface area contributed by atoms with Crippen LogP contribution < -0.4 is 9.64 Å². The van der Waals surface area contributed by atoms with Crippen molar-refractivity contribution in [1.82, 2.24) is 5.01 Å². The van der Waals surface area contributed by atoms with Crippen LogP contribution in [0.15, 0.2) is 47.6 Å². The first-order valence-electron chi connectivity index (χ1n) is 11.4. The molecule has 1 aliphatic rings. The van der Waals surface area contributed by atoms with E-state index in [1.54, 1.807) is 0 Å². The maximum Gasteiger partial charge on any atom is 0.573 e. The summed E-state index contributed by atoms with van der Waals surface area (Å²) in [6, 6.07) is 2.58. The number of hydrogen-bond acceptors (Lipinski definition) is 6. The number of amides is 3. The normalized spacial score (nSPS) is 17.5. The van der Waals surface area contributed by atoms with Gasteiger partial charge in [0.1, 0.15) is 11.2 Å². The van der Waals surface area contributed by atoms with E-state index in [9.17, 15) is 53.9 Å². The molecule has 42 heavy (non-hydrogen) atoms. The number of hydrogen-bond donors (Lipinski definition) is 0. The van der Waals surface area contributed by atoms with E-state index in [0.717, 1.165) is 19.1 Å². The van der Waals surface area contributed by atoms with Gasteiger partial charge in [0, 0.05) is 5.56 Å². The Labute approximate surface area is 235 Å². The number of hydrazone groups is 1. The molecule has 0 N–H and O–H groups in total. The van der Waals surface area contributed by atoms with Crippen LogP contribution in [-0.4, -0.2) is 54.3 Å². The molecule has 1 unspecified atom stereocenters. The predicted molar refractivity (Wildman–Crippen MR) is 126 cm³/mol. The van der Waals surface area contributed by atoms with Crippen molar-refractivity contribution in [3.63, 3.8) is 0 Å². The Bertz CT molecular complexity index is 1410. The number of carbonyl (C=O) groups excluding carboxylic acids is 3. The summed E-state index contributed by atoms with van der Waals surface area (Å²) < 4.78 is 126. The fraction of sp³-hybridized carbons (Fsp3) is 0.333. The third-order valence-corrected chi connectivity index (χ3v) is 5.98. The van der Waals surface area contributed by atoms with Gasteiger partial charge in [-0.2, -0.15) is 31.4 Å². The van der Waals surface area contributed by atoms with Gasteiger partial charge in [-0.25, -0.2) is 14.7 Å². The largest absolute Gasteiger partial charge is 0.573 e. The first-order valence-corrected chi connectivity index (χ1v) is 11.8. The molecule has 2 aromatic rings. The minimum atomic E-state index is -5.67. The zero-order valence-electron chi connectivity index (χ0n) is 21.1. The van der Waals surface area contributed by atoms with Crippen LogP contribution in [0.3, 0.4) is 0 Å². The number of esters is 1. The van der Waals surface area contributed by atoms with E-state index in [2.05, 4.69) is 9.84 Å². The Morgan fingerprint density at radius 2 is 1.60 bits per heavy atom. The summed E-state index contributed by atoms with van der Waals surface area (Å²) in [7, 11) is 0. The summed E-state index contributed by atoms with van der Waals surface area (Å²) in [6.07, 6.45) is -15.7. The zero-order chi connectivity index (χ0) is 31.8. The topological polar surface area (TPSA) is 88.5 Å². The average Bonchev–Trinajstić information content (AvgIpc) is 3.21. The van der Waals surface area contributed by atoms with Crippen molar-refractivity contribution >= 4 is 40.9 Å². The fourth-order valence-corrected chi connectivity index (χ4v) is 4.11. The van der Waals surface area contributed by atoms with E-state index in [1.807, 2.05) is 0 Å². The van der Waals surface area contributed by atoms with Crippen LogP contribution in [0.4, 0.5) is 50.0 Å². The molecule has 2 aromatic carbocycles. The third-order valence-electron chi connectivity index (χ3n) is 5.67. The second kappa shape index (κ2) is 11.3. The van der Waals surface area contributed by atoms with Crippen LogP contribution in [0.25, 0.3) is 0 Å². The van der Waals surface area contributed by atoms with Gasteiger partial charge in [-0.05, 0) is 50.2 Å². The first-order chi connectivity index (χ1) is 19.2. The van der Waals surface area contributed by atoms with Gasteiger partial charge < -0.3 is 9.47 Å². The number of imide groups is 1. The molecule has 0 saturated heterocycles. The molecule has 3 rings (SSSR count). The van der Waals surface area contributed by atoms with Crippen molar-refractivity contribution in [1.29, 1.82) is 0 Å². The van der Waals surface area contributed by atoms with Gasteiger partial charge in [0.25, 0.3) is 0 Å². The molecular formula is C24H17ClF9N3O5. The van der Waals surface area contributed by atoms with Crippen molar-refractivity contribution in [3.05, 3.63) is 58.6 Å². The molecule has 3 amide bonds. The molecule has 228 valence electrons. The standard InChI is InChI=1S/C24H17ClF9N3O5/c1-3-41-19(39)21(2)11-36(35-17(21)12-4-9-15(16(25)10-12)22(26,27)28)20(40)37(18(38)23(29,30)31)13-5-7-14(8-6-13)42-24(32,33)34/h4-10H,3,11H2,1-2H3. The molecule has 1 heterocycles. The van der Waals surface area contributed by atoms with Gasteiger partial charge in [0.05, 0.1) is 35.1 Å². The first kappa shape index (κ1) is 32.5. The smallest absolute Gasteiger partial charge is 0.465 e.